The van der Waals surface area contributed by atoms with Gasteiger partial charge in [-0.15, -0.1) is 0 Å². The zero-order valence-corrected chi connectivity index (χ0v) is 9.74. The lowest BCUT2D eigenvalue weighted by Crippen LogP contribution is -1.95. The predicted molar refractivity (Wildman–Crippen MR) is 69.7 cm³/mol. The monoisotopic (exact) mass is 244 g/mol. The molecule has 0 unspecified atom stereocenters. The molecule has 0 amide bonds. The summed E-state index contributed by atoms with van der Waals surface area (Å²) in [6.07, 6.45) is 0.918. The van der Waals surface area contributed by atoms with E-state index < -0.39 is 5.82 Å². The normalized spacial score (nSPS) is 12.9. The molecule has 0 aliphatic carbocycles. The van der Waals surface area contributed by atoms with E-state index in [1.807, 2.05) is 18.2 Å². The summed E-state index contributed by atoms with van der Waals surface area (Å²) in [7, 11) is 0. The number of rotatable bonds is 2. The van der Waals surface area contributed by atoms with Crippen LogP contribution in [-0.4, -0.2) is 6.61 Å². The Bertz CT molecular complexity index is 598. The molecule has 1 aliphatic heterocycles. The van der Waals surface area contributed by atoms with Crippen LogP contribution in [0.25, 0.3) is 0 Å². The van der Waals surface area contributed by atoms with Gasteiger partial charge in [0.25, 0.3) is 0 Å². The molecule has 3 rings (SSSR count). The van der Waals surface area contributed by atoms with Gasteiger partial charge in [0.1, 0.15) is 11.6 Å². The van der Waals surface area contributed by atoms with E-state index in [0.29, 0.717) is 5.69 Å². The molecule has 0 saturated heterocycles. The average Bonchev–Trinajstić information content (AvgIpc) is 2.81. The average molecular weight is 244 g/mol. The molecular weight excluding hydrogens is 231 g/mol. The molecule has 0 atom stereocenters. The van der Waals surface area contributed by atoms with Crippen molar-refractivity contribution < 1.29 is 9.13 Å². The lowest BCUT2D eigenvalue weighted by molar-refractivity contribution is 0.357. The summed E-state index contributed by atoms with van der Waals surface area (Å²) < 4.78 is 18.8. The van der Waals surface area contributed by atoms with Crippen LogP contribution >= 0.6 is 0 Å². The molecule has 3 N–H and O–H groups in total. The van der Waals surface area contributed by atoms with Crippen LogP contribution in [0.2, 0.25) is 0 Å². The summed E-state index contributed by atoms with van der Waals surface area (Å²) in [5.74, 6) is 0.522. The lowest BCUT2D eigenvalue weighted by atomic mass is 10.1. The van der Waals surface area contributed by atoms with E-state index >= 15 is 0 Å². The SMILES string of the molecule is Nc1ccc(Nc2ccc3c(c2)CCO3)cc1F. The molecule has 0 bridgehead atoms. The number of anilines is 3. The minimum absolute atomic E-state index is 0.155. The highest BCUT2D eigenvalue weighted by Crippen LogP contribution is 2.29. The first-order valence-electron chi connectivity index (χ1n) is 5.80. The summed E-state index contributed by atoms with van der Waals surface area (Å²) in [6, 6.07) is 10.6. The highest BCUT2D eigenvalue weighted by molar-refractivity contribution is 5.64. The zero-order chi connectivity index (χ0) is 12.5. The number of benzene rings is 2. The van der Waals surface area contributed by atoms with Crippen molar-refractivity contribution >= 4 is 17.1 Å². The van der Waals surface area contributed by atoms with Gasteiger partial charge in [-0.3, -0.25) is 0 Å². The van der Waals surface area contributed by atoms with Crippen LogP contribution in [0.1, 0.15) is 5.56 Å². The zero-order valence-electron chi connectivity index (χ0n) is 9.74. The Morgan fingerprint density at radius 1 is 1.11 bits per heavy atom. The van der Waals surface area contributed by atoms with Crippen LogP contribution in [0.15, 0.2) is 36.4 Å². The molecule has 4 heteroatoms. The number of hydrogen-bond donors (Lipinski definition) is 2. The van der Waals surface area contributed by atoms with Crippen molar-refractivity contribution in [1.82, 2.24) is 0 Å². The van der Waals surface area contributed by atoms with E-state index in [1.54, 1.807) is 12.1 Å². The molecule has 3 nitrogen and oxygen atoms in total. The summed E-state index contributed by atoms with van der Waals surface area (Å²) >= 11 is 0. The third-order valence-electron chi connectivity index (χ3n) is 2.98. The van der Waals surface area contributed by atoms with Crippen molar-refractivity contribution in [3.8, 4) is 5.75 Å². The molecule has 1 heterocycles. The molecule has 0 spiro atoms. The summed E-state index contributed by atoms with van der Waals surface area (Å²) in [5.41, 5.74) is 8.37. The molecule has 2 aromatic carbocycles. The van der Waals surface area contributed by atoms with Crippen molar-refractivity contribution in [3.05, 3.63) is 47.8 Å². The Morgan fingerprint density at radius 2 is 1.89 bits per heavy atom. The van der Waals surface area contributed by atoms with E-state index in [-0.39, 0.29) is 5.69 Å². The van der Waals surface area contributed by atoms with Gasteiger partial charge in [0.05, 0.1) is 12.3 Å². The van der Waals surface area contributed by atoms with Gasteiger partial charge >= 0.3 is 0 Å². The number of ether oxygens (including phenoxy) is 1. The number of halogens is 1. The minimum Gasteiger partial charge on any atom is -0.493 e. The fraction of sp³-hybridized carbons (Fsp3) is 0.143. The predicted octanol–water partition coefficient (Wildman–Crippen LogP) is 3.09. The second kappa shape index (κ2) is 4.22. The first kappa shape index (κ1) is 10.9. The van der Waals surface area contributed by atoms with E-state index in [4.69, 9.17) is 10.5 Å². The van der Waals surface area contributed by atoms with E-state index in [9.17, 15) is 4.39 Å². The first-order valence-corrected chi connectivity index (χ1v) is 5.80. The van der Waals surface area contributed by atoms with Crippen LogP contribution in [-0.2, 0) is 6.42 Å². The Labute approximate surface area is 104 Å². The molecule has 18 heavy (non-hydrogen) atoms. The largest absolute Gasteiger partial charge is 0.493 e. The maximum atomic E-state index is 13.3. The third-order valence-corrected chi connectivity index (χ3v) is 2.98. The maximum absolute atomic E-state index is 13.3. The topological polar surface area (TPSA) is 47.3 Å². The second-order valence-corrected chi connectivity index (χ2v) is 4.28. The van der Waals surface area contributed by atoms with E-state index in [1.165, 1.54) is 11.6 Å². The fourth-order valence-corrected chi connectivity index (χ4v) is 2.04. The standard InChI is InChI=1S/C14H13FN2O/c15-12-8-11(1-3-13(12)16)17-10-2-4-14-9(7-10)5-6-18-14/h1-4,7-8,17H,5-6,16H2. The van der Waals surface area contributed by atoms with Crippen molar-refractivity contribution in [2.45, 2.75) is 6.42 Å². The minimum atomic E-state index is -0.413. The molecule has 0 saturated carbocycles. The van der Waals surface area contributed by atoms with Crippen molar-refractivity contribution in [2.75, 3.05) is 17.7 Å². The number of nitrogens with one attached hydrogen (secondary N) is 1. The fourth-order valence-electron chi connectivity index (χ4n) is 2.04. The van der Waals surface area contributed by atoms with Gasteiger partial charge in [-0.05, 0) is 42.0 Å². The van der Waals surface area contributed by atoms with Gasteiger partial charge in [0.15, 0.2) is 0 Å². The summed E-state index contributed by atoms with van der Waals surface area (Å²) in [6.45, 7) is 0.731. The number of nitrogen functional groups attached to an aromatic ring is 1. The Balaban J connectivity index is 1.85. The molecule has 0 fully saturated rings. The van der Waals surface area contributed by atoms with Gasteiger partial charge in [0.2, 0.25) is 0 Å². The van der Waals surface area contributed by atoms with Crippen LogP contribution in [0, 0.1) is 5.82 Å². The molecule has 0 aromatic heterocycles. The molecule has 92 valence electrons. The van der Waals surface area contributed by atoms with Gasteiger partial charge in [-0.1, -0.05) is 0 Å². The summed E-state index contributed by atoms with van der Waals surface area (Å²) in [5, 5.41) is 3.15. The van der Waals surface area contributed by atoms with Gasteiger partial charge in [0, 0.05) is 17.8 Å². The van der Waals surface area contributed by atoms with Crippen molar-refractivity contribution in [3.63, 3.8) is 0 Å². The number of hydrogen-bond acceptors (Lipinski definition) is 3. The number of nitrogens with two attached hydrogens (primary N) is 1. The highest BCUT2D eigenvalue weighted by Gasteiger charge is 2.12. The maximum Gasteiger partial charge on any atom is 0.148 e. The molecule has 0 radical (unpaired) electrons. The lowest BCUT2D eigenvalue weighted by Gasteiger charge is -2.08. The smallest absolute Gasteiger partial charge is 0.148 e. The third kappa shape index (κ3) is 1.97. The van der Waals surface area contributed by atoms with Crippen LogP contribution in [0.3, 0.4) is 0 Å². The Morgan fingerprint density at radius 3 is 2.72 bits per heavy atom. The second-order valence-electron chi connectivity index (χ2n) is 4.28. The van der Waals surface area contributed by atoms with Gasteiger partial charge < -0.3 is 15.8 Å². The quantitative estimate of drug-likeness (QED) is 0.798. The molecular formula is C14H13FN2O. The van der Waals surface area contributed by atoms with Gasteiger partial charge in [-0.25, -0.2) is 4.39 Å². The highest BCUT2D eigenvalue weighted by atomic mass is 19.1. The first-order chi connectivity index (χ1) is 8.72. The van der Waals surface area contributed by atoms with Crippen LogP contribution in [0.5, 0.6) is 5.75 Å². The van der Waals surface area contributed by atoms with Crippen molar-refractivity contribution in [2.24, 2.45) is 0 Å². The van der Waals surface area contributed by atoms with Gasteiger partial charge in [-0.2, -0.15) is 0 Å². The number of fused-ring (bicyclic) bond motifs is 1. The Hall–Kier alpha value is -2.23. The Kier molecular flexibility index (Phi) is 2.55. The molecule has 1 aliphatic rings. The summed E-state index contributed by atoms with van der Waals surface area (Å²) in [4.78, 5) is 0. The molecule has 2 aromatic rings. The van der Waals surface area contributed by atoms with E-state index in [0.717, 1.165) is 24.5 Å². The van der Waals surface area contributed by atoms with Crippen LogP contribution in [0.4, 0.5) is 21.5 Å². The van der Waals surface area contributed by atoms with E-state index in [2.05, 4.69) is 5.32 Å². The van der Waals surface area contributed by atoms with Crippen molar-refractivity contribution in [1.29, 1.82) is 0 Å². The van der Waals surface area contributed by atoms with Crippen LogP contribution < -0.4 is 15.8 Å².